The van der Waals surface area contributed by atoms with Crippen molar-refractivity contribution in [2.75, 3.05) is 24.7 Å². The average molecular weight is 253 g/mol. The van der Waals surface area contributed by atoms with Crippen molar-refractivity contribution in [3.05, 3.63) is 29.3 Å². The van der Waals surface area contributed by atoms with Crippen LogP contribution in [-0.4, -0.2) is 24.7 Å². The lowest BCUT2D eigenvalue weighted by atomic mass is 9.98. The molecule has 0 aliphatic heterocycles. The maximum atomic E-state index is 5.71. The van der Waals surface area contributed by atoms with E-state index in [0.717, 1.165) is 30.4 Å². The van der Waals surface area contributed by atoms with Crippen LogP contribution in [0, 0.1) is 6.92 Å². The highest BCUT2D eigenvalue weighted by atomic mass is 32.2. The van der Waals surface area contributed by atoms with Gasteiger partial charge in [-0.2, -0.15) is 11.8 Å². The summed E-state index contributed by atoms with van der Waals surface area (Å²) in [6.45, 7) is 8.07. The molecule has 0 amide bonds. The van der Waals surface area contributed by atoms with Gasteiger partial charge >= 0.3 is 0 Å². The first-order valence-electron chi connectivity index (χ1n) is 6.16. The van der Waals surface area contributed by atoms with Crippen molar-refractivity contribution < 1.29 is 4.74 Å². The van der Waals surface area contributed by atoms with Gasteiger partial charge in [0.25, 0.3) is 0 Å². The van der Waals surface area contributed by atoms with Crippen molar-refractivity contribution in [1.29, 1.82) is 0 Å². The Morgan fingerprint density at radius 1 is 1.29 bits per heavy atom. The number of benzene rings is 1. The zero-order chi connectivity index (χ0) is 12.7. The van der Waals surface area contributed by atoms with E-state index in [-0.39, 0.29) is 0 Å². The third-order valence-corrected chi connectivity index (χ3v) is 3.60. The Morgan fingerprint density at radius 3 is 2.65 bits per heavy atom. The molecule has 2 nitrogen and oxygen atoms in total. The fourth-order valence-electron chi connectivity index (χ4n) is 1.79. The van der Waals surface area contributed by atoms with Crippen molar-refractivity contribution in [3.8, 4) is 5.75 Å². The molecule has 1 aromatic rings. The van der Waals surface area contributed by atoms with E-state index in [1.807, 2.05) is 11.8 Å². The van der Waals surface area contributed by atoms with Crippen LogP contribution in [0.15, 0.2) is 18.2 Å². The Morgan fingerprint density at radius 2 is 2.06 bits per heavy atom. The smallest absolute Gasteiger partial charge is 0.119 e. The second-order valence-corrected chi connectivity index (χ2v) is 5.65. The van der Waals surface area contributed by atoms with E-state index in [9.17, 15) is 0 Å². The quantitative estimate of drug-likeness (QED) is 0.758. The zero-order valence-corrected chi connectivity index (χ0v) is 11.8. The molecule has 0 radical (unpaired) electrons. The lowest BCUT2D eigenvalue weighted by molar-refractivity contribution is 0.343. The molecule has 0 atom stereocenters. The summed E-state index contributed by atoms with van der Waals surface area (Å²) in [6.07, 6.45) is 0. The van der Waals surface area contributed by atoms with Crippen LogP contribution in [-0.2, 0) is 0 Å². The van der Waals surface area contributed by atoms with E-state index in [1.54, 1.807) is 0 Å². The Kier molecular flexibility index (Phi) is 6.45. The molecule has 0 bridgehead atoms. The first-order valence-corrected chi connectivity index (χ1v) is 7.31. The number of ether oxygens (including phenoxy) is 1. The summed E-state index contributed by atoms with van der Waals surface area (Å²) in [5.74, 6) is 3.56. The van der Waals surface area contributed by atoms with Gasteiger partial charge in [0.05, 0.1) is 6.61 Å². The molecule has 0 heterocycles. The van der Waals surface area contributed by atoms with Crippen LogP contribution in [0.4, 0.5) is 0 Å². The van der Waals surface area contributed by atoms with Crippen LogP contribution in [0.1, 0.15) is 30.9 Å². The molecule has 96 valence electrons. The topological polar surface area (TPSA) is 35.2 Å². The molecule has 0 unspecified atom stereocenters. The Labute approximate surface area is 109 Å². The van der Waals surface area contributed by atoms with E-state index < -0.39 is 0 Å². The second-order valence-electron chi connectivity index (χ2n) is 4.42. The minimum atomic E-state index is 0.573. The van der Waals surface area contributed by atoms with Gasteiger partial charge in [0.1, 0.15) is 5.75 Å². The molecule has 3 heteroatoms. The van der Waals surface area contributed by atoms with Crippen LogP contribution in [0.3, 0.4) is 0 Å². The van der Waals surface area contributed by atoms with Crippen molar-refractivity contribution in [2.24, 2.45) is 5.73 Å². The van der Waals surface area contributed by atoms with Gasteiger partial charge < -0.3 is 10.5 Å². The lowest BCUT2D eigenvalue weighted by Crippen LogP contribution is -2.06. The first kappa shape index (κ1) is 14.4. The molecule has 0 saturated carbocycles. The molecule has 17 heavy (non-hydrogen) atoms. The number of hydrogen-bond acceptors (Lipinski definition) is 3. The molecular weight excluding hydrogens is 230 g/mol. The summed E-state index contributed by atoms with van der Waals surface area (Å²) in [5.41, 5.74) is 8.14. The zero-order valence-electron chi connectivity index (χ0n) is 11.0. The van der Waals surface area contributed by atoms with E-state index in [1.165, 1.54) is 11.1 Å². The predicted octanol–water partition coefficient (Wildman–Crippen LogP) is 3.19. The van der Waals surface area contributed by atoms with Crippen LogP contribution in [0.2, 0.25) is 0 Å². The second kappa shape index (κ2) is 7.62. The summed E-state index contributed by atoms with van der Waals surface area (Å²) in [4.78, 5) is 0. The summed E-state index contributed by atoms with van der Waals surface area (Å²) >= 11 is 1.83. The Balaban J connectivity index is 2.42. The predicted molar refractivity (Wildman–Crippen MR) is 77.1 cm³/mol. The monoisotopic (exact) mass is 253 g/mol. The highest BCUT2D eigenvalue weighted by Gasteiger charge is 2.04. The fourth-order valence-corrected chi connectivity index (χ4v) is 2.36. The van der Waals surface area contributed by atoms with Crippen molar-refractivity contribution >= 4 is 11.8 Å². The van der Waals surface area contributed by atoms with Gasteiger partial charge in [0, 0.05) is 18.1 Å². The van der Waals surface area contributed by atoms with Gasteiger partial charge in [-0.25, -0.2) is 0 Å². The number of nitrogens with two attached hydrogens (primary N) is 1. The van der Waals surface area contributed by atoms with E-state index in [4.69, 9.17) is 10.5 Å². The molecule has 2 N–H and O–H groups in total. The molecule has 1 rings (SSSR count). The van der Waals surface area contributed by atoms with Gasteiger partial charge in [0.2, 0.25) is 0 Å². The fraction of sp³-hybridized carbons (Fsp3) is 0.571. The SMILES string of the molecule is Cc1cc(OCCSCCN)ccc1C(C)C. The normalized spacial score (nSPS) is 10.9. The molecule has 0 spiro atoms. The highest BCUT2D eigenvalue weighted by molar-refractivity contribution is 7.99. The number of rotatable bonds is 7. The van der Waals surface area contributed by atoms with Gasteiger partial charge in [-0.3, -0.25) is 0 Å². The van der Waals surface area contributed by atoms with Crippen LogP contribution >= 0.6 is 11.8 Å². The summed E-state index contributed by atoms with van der Waals surface area (Å²) in [6, 6.07) is 6.36. The largest absolute Gasteiger partial charge is 0.493 e. The minimum absolute atomic E-state index is 0.573. The summed E-state index contributed by atoms with van der Waals surface area (Å²) in [5, 5.41) is 0. The summed E-state index contributed by atoms with van der Waals surface area (Å²) < 4.78 is 5.71. The minimum Gasteiger partial charge on any atom is -0.493 e. The standard InChI is InChI=1S/C14H23NOS/c1-11(2)14-5-4-13(10-12(14)3)16-7-9-17-8-6-15/h4-5,10-11H,6-9,15H2,1-3H3. The average Bonchev–Trinajstić information content (AvgIpc) is 2.28. The van der Waals surface area contributed by atoms with Gasteiger partial charge in [-0.05, 0) is 36.1 Å². The van der Waals surface area contributed by atoms with Crippen molar-refractivity contribution in [2.45, 2.75) is 26.7 Å². The number of hydrogen-bond donors (Lipinski definition) is 1. The Bertz CT molecular complexity index is 339. The first-order chi connectivity index (χ1) is 8.15. The number of thioether (sulfide) groups is 1. The van der Waals surface area contributed by atoms with E-state index in [0.29, 0.717) is 5.92 Å². The molecule has 0 aliphatic rings. The third-order valence-electron chi connectivity index (χ3n) is 2.62. The van der Waals surface area contributed by atoms with Gasteiger partial charge in [0.15, 0.2) is 0 Å². The molecule has 1 aromatic carbocycles. The van der Waals surface area contributed by atoms with Crippen molar-refractivity contribution in [1.82, 2.24) is 0 Å². The lowest BCUT2D eigenvalue weighted by Gasteiger charge is -2.12. The molecule has 0 saturated heterocycles. The highest BCUT2D eigenvalue weighted by Crippen LogP contribution is 2.23. The molecule has 0 aliphatic carbocycles. The van der Waals surface area contributed by atoms with Crippen LogP contribution in [0.25, 0.3) is 0 Å². The molecular formula is C14H23NOS. The maximum Gasteiger partial charge on any atom is 0.119 e. The number of aryl methyl sites for hydroxylation is 1. The molecule has 0 aromatic heterocycles. The summed E-state index contributed by atoms with van der Waals surface area (Å²) in [7, 11) is 0. The van der Waals surface area contributed by atoms with E-state index >= 15 is 0 Å². The Hall–Kier alpha value is -0.670. The van der Waals surface area contributed by atoms with Crippen LogP contribution in [0.5, 0.6) is 5.75 Å². The third kappa shape index (κ3) is 5.00. The van der Waals surface area contributed by atoms with Gasteiger partial charge in [-0.1, -0.05) is 19.9 Å². The molecule has 0 fully saturated rings. The van der Waals surface area contributed by atoms with Gasteiger partial charge in [-0.15, -0.1) is 0 Å². The van der Waals surface area contributed by atoms with Crippen LogP contribution < -0.4 is 10.5 Å². The van der Waals surface area contributed by atoms with Crippen molar-refractivity contribution in [3.63, 3.8) is 0 Å². The van der Waals surface area contributed by atoms with E-state index in [2.05, 4.69) is 39.0 Å². The maximum absolute atomic E-state index is 5.71.